The number of phosphoric ester groups is 2. The van der Waals surface area contributed by atoms with Crippen molar-refractivity contribution in [3.8, 4) is 0 Å². The molecule has 0 aromatic carbocycles. The van der Waals surface area contributed by atoms with Gasteiger partial charge in [-0.3, -0.25) is 37.3 Å². The van der Waals surface area contributed by atoms with Crippen LogP contribution in [0.15, 0.2) is 36.5 Å². The van der Waals surface area contributed by atoms with Gasteiger partial charge in [0.1, 0.15) is 19.3 Å². The molecule has 0 aromatic heterocycles. The molecule has 3 N–H and O–H groups in total. The second-order valence-corrected chi connectivity index (χ2v) is 29.6. The first-order valence-corrected chi connectivity index (χ1v) is 42.2. The van der Waals surface area contributed by atoms with E-state index >= 15 is 0 Å². The number of carbonyl (C=O) groups is 4. The van der Waals surface area contributed by atoms with Crippen molar-refractivity contribution in [2.45, 2.75) is 393 Å². The Balaban J connectivity index is 5.28. The van der Waals surface area contributed by atoms with E-state index in [1.807, 2.05) is 0 Å². The fourth-order valence-corrected chi connectivity index (χ4v) is 12.8. The van der Waals surface area contributed by atoms with Crippen LogP contribution in [-0.4, -0.2) is 96.7 Å². The highest BCUT2D eigenvalue weighted by Crippen LogP contribution is 2.45. The number of rotatable bonds is 75. The number of carbonyl (C=O) groups excluding carboxylic acids is 4. The molecule has 0 bridgehead atoms. The molecular formula is C77H144O17P2. The highest BCUT2D eigenvalue weighted by atomic mass is 31.2. The van der Waals surface area contributed by atoms with Crippen molar-refractivity contribution < 1.29 is 80.2 Å². The summed E-state index contributed by atoms with van der Waals surface area (Å²) in [6.45, 7) is 4.83. The fraction of sp³-hybridized carbons (Fsp3) is 0.870. The molecule has 564 valence electrons. The van der Waals surface area contributed by atoms with E-state index in [1.54, 1.807) is 0 Å². The summed E-state index contributed by atoms with van der Waals surface area (Å²) in [5.41, 5.74) is 0. The number of aliphatic hydroxyl groups excluding tert-OH is 1. The third-order valence-corrected chi connectivity index (χ3v) is 19.1. The maximum atomic E-state index is 13.1. The van der Waals surface area contributed by atoms with Gasteiger partial charge in [0.25, 0.3) is 0 Å². The Bertz CT molecular complexity index is 1970. The van der Waals surface area contributed by atoms with E-state index < -0.39 is 97.5 Å². The predicted molar refractivity (Wildman–Crippen MR) is 391 cm³/mol. The molecular weight excluding hydrogens is 1260 g/mol. The molecule has 0 aliphatic heterocycles. The zero-order valence-corrected chi connectivity index (χ0v) is 63.4. The molecule has 5 atom stereocenters. The van der Waals surface area contributed by atoms with Gasteiger partial charge in [0, 0.05) is 25.7 Å². The van der Waals surface area contributed by atoms with Crippen LogP contribution in [0.4, 0.5) is 0 Å². The fourth-order valence-electron chi connectivity index (χ4n) is 11.2. The maximum absolute atomic E-state index is 13.1. The minimum absolute atomic E-state index is 0.0988. The molecule has 0 heterocycles. The van der Waals surface area contributed by atoms with Crippen LogP contribution in [0.25, 0.3) is 0 Å². The van der Waals surface area contributed by atoms with Crippen LogP contribution in [0.5, 0.6) is 0 Å². The van der Waals surface area contributed by atoms with Crippen molar-refractivity contribution in [2.24, 2.45) is 0 Å². The van der Waals surface area contributed by atoms with Crippen LogP contribution < -0.4 is 0 Å². The maximum Gasteiger partial charge on any atom is 0.472 e. The second kappa shape index (κ2) is 70.7. The van der Waals surface area contributed by atoms with Gasteiger partial charge < -0.3 is 33.8 Å². The molecule has 0 rings (SSSR count). The summed E-state index contributed by atoms with van der Waals surface area (Å²) < 4.78 is 68.5. The van der Waals surface area contributed by atoms with Crippen LogP contribution in [-0.2, 0) is 65.4 Å². The van der Waals surface area contributed by atoms with E-state index in [0.29, 0.717) is 25.7 Å². The molecule has 17 nitrogen and oxygen atoms in total. The molecule has 0 saturated heterocycles. The zero-order valence-electron chi connectivity index (χ0n) is 61.6. The first kappa shape index (κ1) is 93.3. The van der Waals surface area contributed by atoms with Gasteiger partial charge in [0.05, 0.1) is 26.4 Å². The van der Waals surface area contributed by atoms with Crippen molar-refractivity contribution in [1.82, 2.24) is 0 Å². The Hall–Kier alpha value is -2.72. The lowest BCUT2D eigenvalue weighted by Crippen LogP contribution is -2.30. The van der Waals surface area contributed by atoms with Crippen molar-refractivity contribution in [3.05, 3.63) is 36.5 Å². The lowest BCUT2D eigenvalue weighted by Gasteiger charge is -2.21. The molecule has 0 radical (unpaired) electrons. The van der Waals surface area contributed by atoms with Gasteiger partial charge in [-0.15, -0.1) is 0 Å². The van der Waals surface area contributed by atoms with Gasteiger partial charge in [-0.1, -0.05) is 327 Å². The molecule has 0 aliphatic carbocycles. The van der Waals surface area contributed by atoms with E-state index in [1.165, 1.54) is 173 Å². The normalized spacial score (nSPS) is 14.1. The van der Waals surface area contributed by atoms with Crippen LogP contribution >= 0.6 is 15.6 Å². The van der Waals surface area contributed by atoms with Crippen LogP contribution in [0.2, 0.25) is 0 Å². The van der Waals surface area contributed by atoms with Gasteiger partial charge in [0.2, 0.25) is 0 Å². The Kier molecular flexibility index (Phi) is 68.7. The lowest BCUT2D eigenvalue weighted by atomic mass is 10.0. The number of ether oxygens (including phenoxy) is 4. The summed E-state index contributed by atoms with van der Waals surface area (Å²) in [6, 6.07) is 0. The second-order valence-electron chi connectivity index (χ2n) is 26.6. The van der Waals surface area contributed by atoms with Crippen LogP contribution in [0.1, 0.15) is 374 Å². The Morgan fingerprint density at radius 1 is 0.302 bits per heavy atom. The summed E-state index contributed by atoms with van der Waals surface area (Å²) in [5.74, 6) is -2.15. The number of phosphoric acid groups is 2. The molecule has 0 amide bonds. The van der Waals surface area contributed by atoms with Gasteiger partial charge in [-0.25, -0.2) is 9.13 Å². The minimum Gasteiger partial charge on any atom is -0.462 e. The van der Waals surface area contributed by atoms with Crippen molar-refractivity contribution >= 4 is 39.5 Å². The molecule has 96 heavy (non-hydrogen) atoms. The Morgan fingerprint density at radius 3 is 0.833 bits per heavy atom. The minimum atomic E-state index is -4.96. The SMILES string of the molecule is CC/C=C\C/C=C\C/C=C\CCCCCCCC(=O)OCC(COP(=O)(O)OCC(O)COP(=O)(O)OCC(COC(=O)CCCCCCCCCCCCCCCCC)OC(=O)CCCCCCCCCCCCCCCCC)OC(=O)CCCCCCCCCCCCC. The first-order chi connectivity index (χ1) is 46.7. The Labute approximate surface area is 585 Å². The van der Waals surface area contributed by atoms with E-state index in [2.05, 4.69) is 64.2 Å². The largest absolute Gasteiger partial charge is 0.472 e. The molecule has 0 aliphatic rings. The third kappa shape index (κ3) is 69.7. The molecule has 0 saturated carbocycles. The summed E-state index contributed by atoms with van der Waals surface area (Å²) >= 11 is 0. The quantitative estimate of drug-likeness (QED) is 0.0169. The number of unbranched alkanes of at least 4 members (excludes halogenated alkanes) is 43. The van der Waals surface area contributed by atoms with Gasteiger partial charge in [-0.05, 0) is 57.8 Å². The monoisotopic (exact) mass is 1400 g/mol. The smallest absolute Gasteiger partial charge is 0.462 e. The van der Waals surface area contributed by atoms with E-state index in [-0.39, 0.29) is 25.7 Å². The van der Waals surface area contributed by atoms with Crippen molar-refractivity contribution in [3.63, 3.8) is 0 Å². The summed E-state index contributed by atoms with van der Waals surface area (Å²) in [4.78, 5) is 72.8. The standard InChI is InChI=1S/C77H144O17P2/c1-5-9-13-17-21-25-29-32-35-38-42-45-49-53-57-61-74(79)87-67-72(93-76(81)63-59-55-51-47-41-28-24-20-16-12-8-4)69-91-95(83,84)89-65-71(78)66-90-96(85,86)92-70-73(94-77(82)64-60-56-52-48-44-40-37-34-31-27-23-19-15-11-7-3)68-88-75(80)62-58-54-50-46-43-39-36-33-30-26-22-18-14-10-6-2/h9,13,21,25,32,35,71-73,78H,5-8,10-12,14-20,22-24,26-31,33-34,36-70H2,1-4H3,(H,83,84)(H,85,86)/b13-9-,25-21-,35-32-. The van der Waals surface area contributed by atoms with E-state index in [9.17, 15) is 43.2 Å². The van der Waals surface area contributed by atoms with E-state index in [4.69, 9.17) is 37.0 Å². The highest BCUT2D eigenvalue weighted by molar-refractivity contribution is 7.47. The molecule has 0 fully saturated rings. The van der Waals surface area contributed by atoms with Crippen LogP contribution in [0, 0.1) is 0 Å². The summed E-state index contributed by atoms with van der Waals surface area (Å²) in [5, 5.41) is 10.6. The molecule has 19 heteroatoms. The van der Waals surface area contributed by atoms with Crippen molar-refractivity contribution in [2.75, 3.05) is 39.6 Å². The van der Waals surface area contributed by atoms with Crippen molar-refractivity contribution in [1.29, 1.82) is 0 Å². The average molecular weight is 1400 g/mol. The highest BCUT2D eigenvalue weighted by Gasteiger charge is 2.30. The lowest BCUT2D eigenvalue weighted by molar-refractivity contribution is -0.161. The number of hydrogen-bond donors (Lipinski definition) is 3. The van der Waals surface area contributed by atoms with Gasteiger partial charge >= 0.3 is 39.5 Å². The summed E-state index contributed by atoms with van der Waals surface area (Å²) in [7, 11) is -9.92. The number of aliphatic hydroxyl groups is 1. The molecule has 0 aromatic rings. The predicted octanol–water partition coefficient (Wildman–Crippen LogP) is 22.3. The first-order valence-electron chi connectivity index (χ1n) is 39.2. The zero-order chi connectivity index (χ0) is 70.4. The Morgan fingerprint density at radius 2 is 0.542 bits per heavy atom. The van der Waals surface area contributed by atoms with Gasteiger partial charge in [-0.2, -0.15) is 0 Å². The molecule has 0 spiro atoms. The number of hydrogen-bond acceptors (Lipinski definition) is 15. The van der Waals surface area contributed by atoms with Crippen LogP contribution in [0.3, 0.4) is 0 Å². The topological polar surface area (TPSA) is 237 Å². The third-order valence-electron chi connectivity index (χ3n) is 17.1. The number of esters is 4. The number of allylic oxidation sites excluding steroid dienone is 6. The van der Waals surface area contributed by atoms with Gasteiger partial charge in [0.15, 0.2) is 12.2 Å². The van der Waals surface area contributed by atoms with E-state index in [0.717, 1.165) is 122 Å². The average Bonchev–Trinajstić information content (AvgIpc) is 1.11. The molecule has 5 unspecified atom stereocenters. The summed E-state index contributed by atoms with van der Waals surface area (Å²) in [6.07, 6.45) is 65.6.